The fourth-order valence-corrected chi connectivity index (χ4v) is 2.73. The first-order valence-electron chi connectivity index (χ1n) is 8.14. The maximum Gasteiger partial charge on any atom is 0.208 e. The molecule has 0 spiro atoms. The molecule has 6 heteroatoms. The molecule has 4 rings (SSSR count). The molecule has 0 bridgehead atoms. The van der Waals surface area contributed by atoms with Crippen molar-refractivity contribution >= 4 is 0 Å². The smallest absolute Gasteiger partial charge is 0.208 e. The second-order valence-electron chi connectivity index (χ2n) is 6.02. The van der Waals surface area contributed by atoms with E-state index in [9.17, 15) is 0 Å². The molecule has 2 aromatic carbocycles. The Kier molecular flexibility index (Phi) is 3.85. The van der Waals surface area contributed by atoms with Crippen LogP contribution in [-0.2, 0) is 6.54 Å². The zero-order valence-electron chi connectivity index (χ0n) is 14.2. The molecular formula is C19H18N6. The summed E-state index contributed by atoms with van der Waals surface area (Å²) in [6.07, 6.45) is 3.71. The average molecular weight is 330 g/mol. The van der Waals surface area contributed by atoms with Crippen LogP contribution in [-0.4, -0.2) is 30.0 Å². The molecule has 0 aliphatic rings. The molecule has 2 aromatic heterocycles. The van der Waals surface area contributed by atoms with E-state index in [1.54, 1.807) is 11.0 Å². The summed E-state index contributed by atoms with van der Waals surface area (Å²) in [4.78, 5) is 1.60. The number of hydrogen-bond donors (Lipinski definition) is 0. The Balaban J connectivity index is 1.60. The summed E-state index contributed by atoms with van der Waals surface area (Å²) in [7, 11) is 0. The number of benzene rings is 2. The van der Waals surface area contributed by atoms with Gasteiger partial charge in [0.05, 0.1) is 24.0 Å². The minimum Gasteiger partial charge on any atom is -0.240 e. The molecule has 4 aromatic rings. The van der Waals surface area contributed by atoms with Crippen molar-refractivity contribution in [3.63, 3.8) is 0 Å². The van der Waals surface area contributed by atoms with E-state index in [0.717, 1.165) is 16.8 Å². The standard InChI is InChI=1S/C19H18N6/c1-14-7-6-10-18(15(14)2)24-13-17(11-20-24)19-21-23-25(22-19)12-16-8-4-3-5-9-16/h3-11,13H,12H2,1-2H3. The molecule has 0 saturated carbocycles. The summed E-state index contributed by atoms with van der Waals surface area (Å²) >= 11 is 0. The lowest BCUT2D eigenvalue weighted by atomic mass is 10.1. The molecular weight excluding hydrogens is 312 g/mol. The van der Waals surface area contributed by atoms with Crippen LogP contribution in [0.5, 0.6) is 0 Å². The number of aryl methyl sites for hydroxylation is 1. The summed E-state index contributed by atoms with van der Waals surface area (Å²) in [6.45, 7) is 4.79. The Labute approximate surface area is 145 Å². The van der Waals surface area contributed by atoms with Crippen molar-refractivity contribution in [2.75, 3.05) is 0 Å². The van der Waals surface area contributed by atoms with Gasteiger partial charge in [0.25, 0.3) is 0 Å². The third kappa shape index (κ3) is 3.06. The van der Waals surface area contributed by atoms with Gasteiger partial charge in [-0.15, -0.1) is 10.2 Å². The molecule has 6 nitrogen and oxygen atoms in total. The van der Waals surface area contributed by atoms with E-state index in [1.165, 1.54) is 11.1 Å². The number of rotatable bonds is 4. The van der Waals surface area contributed by atoms with Gasteiger partial charge in [-0.25, -0.2) is 4.68 Å². The van der Waals surface area contributed by atoms with Gasteiger partial charge in [0.2, 0.25) is 5.82 Å². The van der Waals surface area contributed by atoms with Crippen LogP contribution in [0, 0.1) is 13.8 Å². The zero-order valence-corrected chi connectivity index (χ0v) is 14.2. The van der Waals surface area contributed by atoms with Crippen molar-refractivity contribution in [2.45, 2.75) is 20.4 Å². The van der Waals surface area contributed by atoms with E-state index in [0.29, 0.717) is 12.4 Å². The third-order valence-electron chi connectivity index (χ3n) is 4.28. The number of nitrogens with zero attached hydrogens (tertiary/aromatic N) is 6. The predicted molar refractivity (Wildman–Crippen MR) is 95.4 cm³/mol. The van der Waals surface area contributed by atoms with Crippen molar-refractivity contribution in [2.24, 2.45) is 0 Å². The van der Waals surface area contributed by atoms with Crippen LogP contribution in [0.1, 0.15) is 16.7 Å². The maximum atomic E-state index is 4.46. The number of aromatic nitrogens is 6. The molecule has 0 radical (unpaired) electrons. The maximum absolute atomic E-state index is 4.46. The van der Waals surface area contributed by atoms with Gasteiger partial charge in [0, 0.05) is 6.20 Å². The Morgan fingerprint density at radius 1 is 0.960 bits per heavy atom. The van der Waals surface area contributed by atoms with E-state index in [-0.39, 0.29) is 0 Å². The Bertz CT molecular complexity index is 1000. The summed E-state index contributed by atoms with van der Waals surface area (Å²) in [6, 6.07) is 16.3. The Hall–Kier alpha value is -3.28. The summed E-state index contributed by atoms with van der Waals surface area (Å²) in [5.41, 5.74) is 5.49. The SMILES string of the molecule is Cc1cccc(-n2cc(-c3nnn(Cc4ccccc4)n3)cn2)c1C. The van der Waals surface area contributed by atoms with Crippen LogP contribution in [0.3, 0.4) is 0 Å². The van der Waals surface area contributed by atoms with E-state index >= 15 is 0 Å². The largest absolute Gasteiger partial charge is 0.240 e. The first-order chi connectivity index (χ1) is 12.2. The second-order valence-corrected chi connectivity index (χ2v) is 6.02. The van der Waals surface area contributed by atoms with Gasteiger partial charge in [-0.05, 0) is 41.8 Å². The first-order valence-corrected chi connectivity index (χ1v) is 8.14. The van der Waals surface area contributed by atoms with Crippen molar-refractivity contribution in [3.8, 4) is 17.1 Å². The van der Waals surface area contributed by atoms with E-state index in [4.69, 9.17) is 0 Å². The van der Waals surface area contributed by atoms with Gasteiger partial charge in [-0.2, -0.15) is 9.90 Å². The number of hydrogen-bond acceptors (Lipinski definition) is 4. The highest BCUT2D eigenvalue weighted by Gasteiger charge is 2.11. The van der Waals surface area contributed by atoms with E-state index in [2.05, 4.69) is 46.5 Å². The molecule has 25 heavy (non-hydrogen) atoms. The molecule has 124 valence electrons. The molecule has 0 saturated heterocycles. The van der Waals surface area contributed by atoms with E-state index in [1.807, 2.05) is 47.3 Å². The van der Waals surface area contributed by atoms with Crippen molar-refractivity contribution < 1.29 is 0 Å². The van der Waals surface area contributed by atoms with Crippen molar-refractivity contribution in [1.82, 2.24) is 30.0 Å². The zero-order chi connectivity index (χ0) is 17.2. The van der Waals surface area contributed by atoms with Gasteiger partial charge in [-0.1, -0.05) is 42.5 Å². The van der Waals surface area contributed by atoms with Crippen molar-refractivity contribution in [3.05, 3.63) is 77.6 Å². The van der Waals surface area contributed by atoms with Crippen molar-refractivity contribution in [1.29, 1.82) is 0 Å². The minimum absolute atomic E-state index is 0.576. The van der Waals surface area contributed by atoms with Crippen LogP contribution in [0.2, 0.25) is 0 Å². The van der Waals surface area contributed by atoms with Gasteiger partial charge in [0.15, 0.2) is 0 Å². The highest BCUT2D eigenvalue weighted by Crippen LogP contribution is 2.20. The fourth-order valence-electron chi connectivity index (χ4n) is 2.73. The highest BCUT2D eigenvalue weighted by atomic mass is 15.6. The molecule has 0 amide bonds. The molecule has 2 heterocycles. The quantitative estimate of drug-likeness (QED) is 0.576. The lowest BCUT2D eigenvalue weighted by molar-refractivity contribution is 0.573. The normalized spacial score (nSPS) is 11.0. The highest BCUT2D eigenvalue weighted by molar-refractivity contribution is 5.53. The molecule has 0 unspecified atom stereocenters. The first kappa shape index (κ1) is 15.3. The van der Waals surface area contributed by atoms with Gasteiger partial charge < -0.3 is 0 Å². The molecule has 0 aliphatic carbocycles. The molecule has 0 N–H and O–H groups in total. The summed E-state index contributed by atoms with van der Waals surface area (Å²) in [5.74, 6) is 0.576. The fraction of sp³-hybridized carbons (Fsp3) is 0.158. The Morgan fingerprint density at radius 3 is 2.64 bits per heavy atom. The molecule has 0 aliphatic heterocycles. The minimum atomic E-state index is 0.576. The summed E-state index contributed by atoms with van der Waals surface area (Å²) in [5, 5.41) is 17.2. The predicted octanol–water partition coefficient (Wildman–Crippen LogP) is 3.19. The van der Waals surface area contributed by atoms with Crippen LogP contribution in [0.4, 0.5) is 0 Å². The molecule has 0 atom stereocenters. The topological polar surface area (TPSA) is 61.4 Å². The summed E-state index contributed by atoms with van der Waals surface area (Å²) < 4.78 is 1.86. The second kappa shape index (κ2) is 6.32. The number of tetrazole rings is 1. The van der Waals surface area contributed by atoms with Crippen LogP contribution >= 0.6 is 0 Å². The van der Waals surface area contributed by atoms with Crippen LogP contribution < -0.4 is 0 Å². The van der Waals surface area contributed by atoms with Gasteiger partial charge >= 0.3 is 0 Å². The lowest BCUT2D eigenvalue weighted by Crippen LogP contribution is -2.03. The molecule has 0 fully saturated rings. The van der Waals surface area contributed by atoms with Crippen LogP contribution in [0.15, 0.2) is 60.9 Å². The van der Waals surface area contributed by atoms with Gasteiger partial charge in [0.1, 0.15) is 0 Å². The van der Waals surface area contributed by atoms with Gasteiger partial charge in [-0.3, -0.25) is 0 Å². The lowest BCUT2D eigenvalue weighted by Gasteiger charge is -2.07. The van der Waals surface area contributed by atoms with E-state index < -0.39 is 0 Å². The Morgan fingerprint density at radius 2 is 1.80 bits per heavy atom. The third-order valence-corrected chi connectivity index (χ3v) is 4.28. The average Bonchev–Trinajstić information content (AvgIpc) is 3.28. The monoisotopic (exact) mass is 330 g/mol. The van der Waals surface area contributed by atoms with Crippen LogP contribution in [0.25, 0.3) is 17.1 Å².